The molecule has 0 unspecified atom stereocenters. The second-order valence-electron chi connectivity index (χ2n) is 11.3. The van der Waals surface area contributed by atoms with Crippen molar-refractivity contribution in [2.24, 2.45) is 20.2 Å². The molecule has 6 rings (SSSR count). The van der Waals surface area contributed by atoms with Crippen molar-refractivity contribution in [1.29, 1.82) is 0 Å². The van der Waals surface area contributed by atoms with Gasteiger partial charge >= 0.3 is 118 Å². The van der Waals surface area contributed by atoms with Crippen molar-refractivity contribution in [1.82, 2.24) is 15.0 Å². The summed E-state index contributed by atoms with van der Waals surface area (Å²) in [5, 5.41) is 18.6. The number of nitrogens with one attached hydrogen (secondary N) is 2. The fourth-order valence-electron chi connectivity index (χ4n) is 5.34. The molecule has 1 heterocycles. The zero-order valence-electron chi connectivity index (χ0n) is 31.0. The summed E-state index contributed by atoms with van der Waals surface area (Å²) < 4.78 is 144. The third kappa shape index (κ3) is 12.4. The van der Waals surface area contributed by atoms with Crippen LogP contribution in [-0.4, -0.2) is 66.8 Å². The molecule has 0 aliphatic heterocycles. The Balaban J connectivity index is 0.00000300. The third-order valence-electron chi connectivity index (χ3n) is 7.50. The molecule has 0 aliphatic carbocycles. The van der Waals surface area contributed by atoms with Crippen molar-refractivity contribution in [3.05, 3.63) is 94.9 Å². The second-order valence-corrected chi connectivity index (χ2v) is 17.1. The molecule has 3 N–H and O–H groups in total. The number of aromatic amines is 2. The molecular weight excluding hydrogens is 922 g/mol. The molecule has 0 spiro atoms. The van der Waals surface area contributed by atoms with E-state index in [0.29, 0.717) is 23.9 Å². The van der Waals surface area contributed by atoms with Gasteiger partial charge in [0.25, 0.3) is 10.1 Å². The molecule has 6 aromatic rings. The Morgan fingerprint density at radius 2 is 1.34 bits per heavy atom. The second kappa shape index (κ2) is 20.4. The van der Waals surface area contributed by atoms with Gasteiger partial charge in [-0.1, -0.05) is 36.1 Å². The first-order valence-corrected chi connectivity index (χ1v) is 20.7. The molecule has 5 aromatic carbocycles. The Bertz CT molecular complexity index is 3280. The van der Waals surface area contributed by atoms with E-state index < -0.39 is 104 Å². The van der Waals surface area contributed by atoms with Gasteiger partial charge in [-0.15, -0.1) is 10.2 Å². The topological polar surface area (TPSA) is 343 Å². The fourth-order valence-corrected chi connectivity index (χ4v) is 8.20. The van der Waals surface area contributed by atoms with Crippen molar-refractivity contribution in [2.75, 3.05) is 0 Å². The van der Waals surface area contributed by atoms with Crippen molar-refractivity contribution >= 4 is 96.4 Å². The first kappa shape index (κ1) is 53.7. The van der Waals surface area contributed by atoms with Crippen LogP contribution in [0.1, 0.15) is 5.56 Å². The van der Waals surface area contributed by atoms with Gasteiger partial charge in [-0.05, 0) is 71.9 Å². The number of nitrogens with zero attached hydrogens (tertiary/aromatic N) is 5. The summed E-state index contributed by atoms with van der Waals surface area (Å²) in [6, 6.07) is 13.1. The van der Waals surface area contributed by atoms with Crippen LogP contribution in [-0.2, 0) is 40.5 Å². The van der Waals surface area contributed by atoms with Crippen molar-refractivity contribution in [3.63, 3.8) is 0 Å². The number of azo groups is 1. The molecule has 1 aromatic heterocycles. The Hall–Kier alpha value is -1.44. The number of fused-ring (bicyclic) bond motifs is 2. The van der Waals surface area contributed by atoms with Gasteiger partial charge in [0.15, 0.2) is 0 Å². The summed E-state index contributed by atoms with van der Waals surface area (Å²) in [6.45, 7) is 1.80. The summed E-state index contributed by atoms with van der Waals surface area (Å²) in [6.07, 6.45) is 0. The summed E-state index contributed by atoms with van der Waals surface area (Å²) >= 11 is 6.13. The van der Waals surface area contributed by atoms with E-state index in [4.69, 9.17) is 11.6 Å². The van der Waals surface area contributed by atoms with Crippen LogP contribution in [0.15, 0.2) is 113 Å². The van der Waals surface area contributed by atoms with Crippen molar-refractivity contribution in [2.45, 2.75) is 26.5 Å². The Morgan fingerprint density at radius 1 is 0.695 bits per heavy atom. The quantitative estimate of drug-likeness (QED) is 0.0725. The van der Waals surface area contributed by atoms with E-state index in [1.165, 1.54) is 0 Å². The molecule has 0 aliphatic rings. The van der Waals surface area contributed by atoms with E-state index in [9.17, 15) is 57.0 Å². The number of halogens is 1. The molecule has 0 atom stereocenters. The Labute approximate surface area is 427 Å². The van der Waals surface area contributed by atoms with E-state index in [1.54, 1.807) is 31.2 Å². The molecule has 0 amide bonds. The smallest absolute Gasteiger partial charge is 0.870 e. The van der Waals surface area contributed by atoms with Crippen LogP contribution in [0.5, 0.6) is 5.75 Å². The Morgan fingerprint density at radius 3 is 1.93 bits per heavy atom. The first-order chi connectivity index (χ1) is 25.5. The molecule has 286 valence electrons. The maximum absolute atomic E-state index is 14.1. The van der Waals surface area contributed by atoms with Gasteiger partial charge in [0.05, 0.1) is 31.7 Å². The molecular formula is C30H18ClN7Na4O13S4. The number of hydrogen-bond donors (Lipinski definition) is 3. The van der Waals surface area contributed by atoms with E-state index in [-0.39, 0.29) is 135 Å². The zero-order valence-corrected chi connectivity index (χ0v) is 43.0. The van der Waals surface area contributed by atoms with Crippen LogP contribution in [0.3, 0.4) is 0 Å². The molecule has 0 saturated carbocycles. The number of hydrogen-bond acceptors (Lipinski definition) is 17. The monoisotopic (exact) mass is 939 g/mol. The number of rotatable bonds is 8. The number of H-pyrrole nitrogens is 2. The predicted octanol–water partition coefficient (Wildman–Crippen LogP) is -9.07. The minimum Gasteiger partial charge on any atom is -0.870 e. The van der Waals surface area contributed by atoms with E-state index in [1.807, 2.05) is 0 Å². The van der Waals surface area contributed by atoms with Gasteiger partial charge in [0.1, 0.15) is 40.9 Å². The zero-order chi connectivity index (χ0) is 40.2. The SMILES string of the molecule is Cc1cccc(N=c2nc(Cl)[nH]c(=Nc3cc(S(=O)(=O)[O-])cc4cc(S(=O)(=O)[O-])c(N=Nc5ccc6c(S(=O)(=O)[O-])cccc6c5S(=O)(=O)O)c([O-])c34)[nH]2)c1.[Na+].[Na+].[Na+].[Na+]. The largest absolute Gasteiger partial charge is 1.00 e. The van der Waals surface area contributed by atoms with Crippen LogP contribution in [0.4, 0.5) is 22.7 Å². The van der Waals surface area contributed by atoms with E-state index in [0.717, 1.165) is 35.9 Å². The maximum Gasteiger partial charge on any atom is 1.00 e. The van der Waals surface area contributed by atoms with Crippen LogP contribution >= 0.6 is 11.6 Å². The number of benzene rings is 5. The average molecular weight is 940 g/mol. The van der Waals surface area contributed by atoms with Gasteiger partial charge in [0, 0.05) is 16.2 Å². The van der Waals surface area contributed by atoms with E-state index >= 15 is 0 Å². The molecule has 0 fully saturated rings. The van der Waals surface area contributed by atoms with Gasteiger partial charge in [0.2, 0.25) is 16.5 Å². The van der Waals surface area contributed by atoms with E-state index in [2.05, 4.69) is 35.2 Å². The van der Waals surface area contributed by atoms with Gasteiger partial charge < -0.3 is 23.7 Å². The third-order valence-corrected chi connectivity index (χ3v) is 11.2. The molecule has 0 bridgehead atoms. The number of aryl methyl sites for hydroxylation is 1. The summed E-state index contributed by atoms with van der Waals surface area (Å²) in [5.74, 6) is -1.46. The molecule has 0 saturated heterocycles. The fraction of sp³-hybridized carbons (Fsp3) is 0.0333. The van der Waals surface area contributed by atoms with Crippen LogP contribution in [0.2, 0.25) is 5.28 Å². The van der Waals surface area contributed by atoms with Crippen LogP contribution in [0, 0.1) is 6.92 Å². The standard InChI is InChI=1S/C30H22ClN7O13S4.4Na/c1-14-4-2-5-16(10-14)32-29-34-28(31)35-30(36-29)33-21-13-17(52(40,41)42)11-15-12-23(54(46,47)48)25(26(39)24(15)21)38-37-20-9-8-18-19(27(20)55(49,50)51)6-3-7-22(18)53(43,44)45;;;;/h2-13,39H,1H3,(H,40,41,42)(H,43,44,45)(H,46,47,48)(H,49,50,51)(H2,32,33,34,35,36);;;;/q;4*+1/p-4. The number of aromatic nitrogens is 3. The van der Waals surface area contributed by atoms with Gasteiger partial charge in [-0.2, -0.15) is 13.4 Å². The molecule has 20 nitrogen and oxygen atoms in total. The normalized spacial score (nSPS) is 12.8. The Kier molecular flexibility index (Phi) is 18.5. The minimum absolute atomic E-state index is 0. The molecule has 0 radical (unpaired) electrons. The first-order valence-electron chi connectivity index (χ1n) is 14.7. The maximum atomic E-state index is 14.1. The molecule has 59 heavy (non-hydrogen) atoms. The predicted molar refractivity (Wildman–Crippen MR) is 185 cm³/mol. The van der Waals surface area contributed by atoms with Crippen LogP contribution in [0.25, 0.3) is 21.5 Å². The van der Waals surface area contributed by atoms with Crippen molar-refractivity contribution < 1.29 is 175 Å². The van der Waals surface area contributed by atoms with Crippen molar-refractivity contribution in [3.8, 4) is 5.75 Å². The summed E-state index contributed by atoms with van der Waals surface area (Å²) in [5.41, 5.74) is -1.93. The van der Waals surface area contributed by atoms with Gasteiger partial charge in [-0.25, -0.2) is 35.2 Å². The summed E-state index contributed by atoms with van der Waals surface area (Å²) in [7, 11) is -21.5. The molecule has 29 heteroatoms. The summed E-state index contributed by atoms with van der Waals surface area (Å²) in [4.78, 5) is 13.2. The minimum atomic E-state index is -5.69. The average Bonchev–Trinajstić information content (AvgIpc) is 3.05. The van der Waals surface area contributed by atoms with Crippen LogP contribution < -0.4 is 135 Å². The van der Waals surface area contributed by atoms with Gasteiger partial charge in [-0.3, -0.25) is 9.54 Å².